The van der Waals surface area contributed by atoms with Gasteiger partial charge in [0.15, 0.2) is 5.69 Å². The van der Waals surface area contributed by atoms with Crippen LogP contribution in [0.15, 0.2) is 6.20 Å². The van der Waals surface area contributed by atoms with Crippen LogP contribution in [0.1, 0.15) is 43.6 Å². The lowest BCUT2D eigenvalue weighted by molar-refractivity contribution is 0.0690. The first-order valence-electron chi connectivity index (χ1n) is 6.94. The molecule has 0 aliphatic heterocycles. The lowest BCUT2D eigenvalue weighted by Crippen LogP contribution is -2.41. The van der Waals surface area contributed by atoms with Crippen molar-refractivity contribution in [3.63, 3.8) is 0 Å². The van der Waals surface area contributed by atoms with Gasteiger partial charge in [0.25, 0.3) is 0 Å². The van der Waals surface area contributed by atoms with Crippen molar-refractivity contribution in [2.24, 2.45) is 11.8 Å². The van der Waals surface area contributed by atoms with Gasteiger partial charge in [0.2, 0.25) is 0 Å². The number of carboxylic acids is 1. The lowest BCUT2D eigenvalue weighted by Gasteiger charge is -2.34. The Hall–Kier alpha value is -1.43. The van der Waals surface area contributed by atoms with Crippen molar-refractivity contribution in [2.45, 2.75) is 45.7 Å². The first kappa shape index (κ1) is 14.0. The maximum atomic E-state index is 10.7. The Morgan fingerprint density at radius 2 is 2.32 bits per heavy atom. The van der Waals surface area contributed by atoms with E-state index in [1.165, 1.54) is 25.5 Å². The fourth-order valence-corrected chi connectivity index (χ4v) is 2.74. The van der Waals surface area contributed by atoms with Gasteiger partial charge >= 0.3 is 5.97 Å². The summed E-state index contributed by atoms with van der Waals surface area (Å²) in [5.74, 6) is 0.434. The summed E-state index contributed by atoms with van der Waals surface area (Å²) in [4.78, 5) is 10.7. The molecule has 3 unspecified atom stereocenters. The predicted octanol–water partition coefficient (Wildman–Crippen LogP) is 1.39. The summed E-state index contributed by atoms with van der Waals surface area (Å²) in [6.07, 6.45) is 5.31. The zero-order chi connectivity index (χ0) is 13.8. The molecule has 0 spiro atoms. The second kappa shape index (κ2) is 6.14. The molecule has 0 bridgehead atoms. The Bertz CT molecular complexity index is 432. The minimum absolute atomic E-state index is 0.000318. The molecule has 0 amide bonds. The Morgan fingerprint density at radius 3 is 3.00 bits per heavy atom. The molecule has 0 radical (unpaired) electrons. The summed E-state index contributed by atoms with van der Waals surface area (Å²) in [6.45, 7) is 6.07. The maximum absolute atomic E-state index is 10.7. The van der Waals surface area contributed by atoms with Gasteiger partial charge in [0.05, 0.1) is 12.7 Å². The fraction of sp³-hybridized carbons (Fsp3) is 0.769. The summed E-state index contributed by atoms with van der Waals surface area (Å²) >= 11 is 0. The van der Waals surface area contributed by atoms with Crippen LogP contribution < -0.4 is 5.32 Å². The average molecular weight is 266 g/mol. The maximum Gasteiger partial charge on any atom is 0.358 e. The predicted molar refractivity (Wildman–Crippen MR) is 71.0 cm³/mol. The van der Waals surface area contributed by atoms with Crippen LogP contribution in [0.2, 0.25) is 0 Å². The van der Waals surface area contributed by atoms with Crippen molar-refractivity contribution in [2.75, 3.05) is 6.54 Å². The van der Waals surface area contributed by atoms with Crippen molar-refractivity contribution in [1.82, 2.24) is 20.3 Å². The molecular formula is C13H22N4O2. The van der Waals surface area contributed by atoms with Crippen molar-refractivity contribution in [3.05, 3.63) is 11.9 Å². The summed E-state index contributed by atoms with van der Waals surface area (Å²) in [6, 6.07) is 0.561. The molecule has 1 aliphatic rings. The van der Waals surface area contributed by atoms with Crippen LogP contribution in [0.25, 0.3) is 0 Å². The molecule has 3 atom stereocenters. The highest BCUT2D eigenvalue weighted by molar-refractivity contribution is 5.84. The van der Waals surface area contributed by atoms with Crippen molar-refractivity contribution >= 4 is 5.97 Å². The molecule has 1 heterocycles. The Kier molecular flexibility index (Phi) is 4.52. The van der Waals surface area contributed by atoms with E-state index < -0.39 is 5.97 Å². The highest BCUT2D eigenvalue weighted by Gasteiger charge is 2.26. The molecule has 1 aliphatic carbocycles. The Morgan fingerprint density at radius 1 is 1.53 bits per heavy atom. The molecular weight excluding hydrogens is 244 g/mol. The first-order chi connectivity index (χ1) is 9.08. The molecule has 1 saturated carbocycles. The van der Waals surface area contributed by atoms with Gasteiger partial charge in [0, 0.05) is 12.6 Å². The summed E-state index contributed by atoms with van der Waals surface area (Å²) in [7, 11) is 0. The quantitative estimate of drug-likeness (QED) is 0.842. The number of nitrogens with one attached hydrogen (secondary N) is 1. The van der Waals surface area contributed by atoms with Crippen molar-refractivity contribution < 1.29 is 9.90 Å². The third-order valence-electron chi connectivity index (χ3n) is 4.21. The van der Waals surface area contributed by atoms with Gasteiger partial charge in [-0.15, -0.1) is 5.10 Å². The monoisotopic (exact) mass is 266 g/mol. The molecule has 0 aromatic carbocycles. The zero-order valence-corrected chi connectivity index (χ0v) is 11.5. The highest BCUT2D eigenvalue weighted by Crippen LogP contribution is 2.29. The van der Waals surface area contributed by atoms with Crippen LogP contribution >= 0.6 is 0 Å². The van der Waals surface area contributed by atoms with Gasteiger partial charge in [-0.2, -0.15) is 0 Å². The topological polar surface area (TPSA) is 80.0 Å². The number of hydrogen-bond acceptors (Lipinski definition) is 4. The summed E-state index contributed by atoms with van der Waals surface area (Å²) in [5, 5.41) is 19.7. The van der Waals surface area contributed by atoms with Gasteiger partial charge < -0.3 is 10.4 Å². The number of carbonyl (C=O) groups is 1. The van der Waals surface area contributed by atoms with Gasteiger partial charge in [-0.1, -0.05) is 31.9 Å². The van der Waals surface area contributed by atoms with Gasteiger partial charge in [-0.05, 0) is 18.3 Å². The van der Waals surface area contributed by atoms with Gasteiger partial charge in [0.1, 0.15) is 0 Å². The van der Waals surface area contributed by atoms with Gasteiger partial charge in [-0.25, -0.2) is 4.79 Å². The van der Waals surface area contributed by atoms with Crippen LogP contribution in [0, 0.1) is 11.8 Å². The Labute approximate surface area is 113 Å². The summed E-state index contributed by atoms with van der Waals surface area (Å²) in [5.41, 5.74) is -0.000318. The van der Waals surface area contributed by atoms with Crippen LogP contribution in [-0.2, 0) is 6.54 Å². The van der Waals surface area contributed by atoms with Crippen LogP contribution in [0.3, 0.4) is 0 Å². The number of hydrogen-bond donors (Lipinski definition) is 2. The number of rotatable bonds is 5. The largest absolute Gasteiger partial charge is 0.476 e. The van der Waals surface area contributed by atoms with Gasteiger partial charge in [-0.3, -0.25) is 4.68 Å². The standard InChI is InChI=1S/C13H22N4O2/c1-9-4-3-5-11(10(9)2)14-6-7-17-8-12(13(18)19)15-16-17/h8-11,14H,3-7H2,1-2H3,(H,18,19). The van der Waals surface area contributed by atoms with E-state index in [4.69, 9.17) is 5.11 Å². The van der Waals surface area contributed by atoms with Crippen molar-refractivity contribution in [1.29, 1.82) is 0 Å². The van der Waals surface area contributed by atoms with Crippen LogP contribution in [0.5, 0.6) is 0 Å². The molecule has 6 heteroatoms. The van der Waals surface area contributed by atoms with E-state index >= 15 is 0 Å². The number of aromatic carboxylic acids is 1. The van der Waals surface area contributed by atoms with E-state index in [9.17, 15) is 4.79 Å². The minimum Gasteiger partial charge on any atom is -0.476 e. The normalized spacial score (nSPS) is 27.4. The second-order valence-corrected chi connectivity index (χ2v) is 5.50. The number of aromatic nitrogens is 3. The SMILES string of the molecule is CC1CCCC(NCCn2cc(C(=O)O)nn2)C1C. The number of nitrogens with zero attached hydrogens (tertiary/aromatic N) is 3. The zero-order valence-electron chi connectivity index (χ0n) is 11.5. The lowest BCUT2D eigenvalue weighted by atomic mass is 9.78. The number of carboxylic acid groups (broad SMARTS) is 1. The average Bonchev–Trinajstić information content (AvgIpc) is 2.83. The molecule has 0 saturated heterocycles. The van der Waals surface area contributed by atoms with Crippen LogP contribution in [0.4, 0.5) is 0 Å². The molecule has 106 valence electrons. The molecule has 1 aromatic heterocycles. The second-order valence-electron chi connectivity index (χ2n) is 5.50. The van der Waals surface area contributed by atoms with E-state index in [2.05, 4.69) is 29.5 Å². The third-order valence-corrected chi connectivity index (χ3v) is 4.21. The molecule has 1 aromatic rings. The van der Waals surface area contributed by atoms with E-state index in [1.807, 2.05) is 0 Å². The minimum atomic E-state index is -1.03. The molecule has 19 heavy (non-hydrogen) atoms. The highest BCUT2D eigenvalue weighted by atomic mass is 16.4. The van der Waals surface area contributed by atoms with E-state index in [-0.39, 0.29) is 5.69 Å². The fourth-order valence-electron chi connectivity index (χ4n) is 2.74. The smallest absolute Gasteiger partial charge is 0.358 e. The molecule has 6 nitrogen and oxygen atoms in total. The van der Waals surface area contributed by atoms with Crippen LogP contribution in [-0.4, -0.2) is 38.7 Å². The first-order valence-corrected chi connectivity index (χ1v) is 6.94. The van der Waals surface area contributed by atoms with E-state index in [0.29, 0.717) is 18.5 Å². The third kappa shape index (κ3) is 3.53. The van der Waals surface area contributed by atoms with E-state index in [1.54, 1.807) is 4.68 Å². The Balaban J connectivity index is 1.78. The van der Waals surface area contributed by atoms with Crippen molar-refractivity contribution in [3.8, 4) is 0 Å². The summed E-state index contributed by atoms with van der Waals surface area (Å²) < 4.78 is 1.58. The molecule has 1 fully saturated rings. The molecule has 2 N–H and O–H groups in total. The molecule has 2 rings (SSSR count). The van der Waals surface area contributed by atoms with E-state index in [0.717, 1.165) is 12.5 Å².